The number of rotatable bonds is 5. The lowest BCUT2D eigenvalue weighted by Gasteiger charge is -2.34. The highest BCUT2D eigenvalue weighted by molar-refractivity contribution is 5.95. The van der Waals surface area contributed by atoms with Crippen LogP contribution in [-0.2, 0) is 6.54 Å². The number of amides is 1. The van der Waals surface area contributed by atoms with Gasteiger partial charge in [-0.3, -0.25) is 14.4 Å². The molecule has 1 saturated heterocycles. The molecule has 0 bridgehead atoms. The predicted molar refractivity (Wildman–Crippen MR) is 81.2 cm³/mol. The average Bonchev–Trinajstić information content (AvgIpc) is 2.80. The number of aromatic nitrogens is 2. The van der Waals surface area contributed by atoms with Crippen LogP contribution in [0.15, 0.2) is 6.20 Å². The van der Waals surface area contributed by atoms with Gasteiger partial charge in [-0.2, -0.15) is 5.10 Å². The van der Waals surface area contributed by atoms with Crippen LogP contribution in [0.25, 0.3) is 0 Å². The molecule has 1 amide bonds. The van der Waals surface area contributed by atoms with Crippen LogP contribution in [0.3, 0.4) is 0 Å². The van der Waals surface area contributed by atoms with Crippen LogP contribution in [0.1, 0.15) is 29.9 Å². The molecule has 118 valence electrons. The van der Waals surface area contributed by atoms with Crippen molar-refractivity contribution in [3.05, 3.63) is 17.5 Å². The highest BCUT2D eigenvalue weighted by atomic mass is 16.3. The standard InChI is InChI=1S/C15H26N4O2/c1-12(2)11-19-13(3)14(10-16-19)15(21)18-6-4-17(5-7-18)8-9-20/h10,12,20H,4-9,11H2,1-3H3. The molecule has 0 aromatic carbocycles. The first-order valence-corrected chi connectivity index (χ1v) is 7.67. The first-order chi connectivity index (χ1) is 10.0. The summed E-state index contributed by atoms with van der Waals surface area (Å²) in [4.78, 5) is 16.7. The predicted octanol–water partition coefficient (Wildman–Crippen LogP) is 0.598. The molecular weight excluding hydrogens is 268 g/mol. The Morgan fingerprint density at radius 2 is 2.00 bits per heavy atom. The van der Waals surface area contributed by atoms with E-state index in [-0.39, 0.29) is 12.5 Å². The molecule has 1 aliphatic heterocycles. The Balaban J connectivity index is 1.99. The summed E-state index contributed by atoms with van der Waals surface area (Å²) in [5, 5.41) is 13.3. The lowest BCUT2D eigenvalue weighted by Crippen LogP contribution is -2.49. The second-order valence-electron chi connectivity index (χ2n) is 6.08. The third-order valence-electron chi connectivity index (χ3n) is 3.95. The second kappa shape index (κ2) is 7.04. The van der Waals surface area contributed by atoms with Crippen LogP contribution in [0, 0.1) is 12.8 Å². The molecule has 1 fully saturated rings. The number of piperazine rings is 1. The molecule has 0 radical (unpaired) electrons. The molecule has 1 aliphatic rings. The molecule has 0 aliphatic carbocycles. The maximum Gasteiger partial charge on any atom is 0.257 e. The number of β-amino-alcohol motifs (C(OH)–C–C–N with tert-alkyl or cyclic N) is 1. The topological polar surface area (TPSA) is 61.6 Å². The zero-order valence-electron chi connectivity index (χ0n) is 13.2. The van der Waals surface area contributed by atoms with Gasteiger partial charge in [0.1, 0.15) is 0 Å². The average molecular weight is 294 g/mol. The number of hydrogen-bond donors (Lipinski definition) is 1. The van der Waals surface area contributed by atoms with Gasteiger partial charge in [0.05, 0.1) is 18.4 Å². The van der Waals surface area contributed by atoms with E-state index < -0.39 is 0 Å². The van der Waals surface area contributed by atoms with Crippen molar-refractivity contribution in [3.63, 3.8) is 0 Å². The molecule has 1 aromatic heterocycles. The van der Waals surface area contributed by atoms with Gasteiger partial charge in [0.25, 0.3) is 5.91 Å². The first-order valence-electron chi connectivity index (χ1n) is 7.67. The van der Waals surface area contributed by atoms with Gasteiger partial charge < -0.3 is 10.0 Å². The van der Waals surface area contributed by atoms with Crippen LogP contribution < -0.4 is 0 Å². The number of aliphatic hydroxyl groups excluding tert-OH is 1. The van der Waals surface area contributed by atoms with Crippen molar-refractivity contribution in [3.8, 4) is 0 Å². The minimum absolute atomic E-state index is 0.0751. The zero-order valence-corrected chi connectivity index (χ0v) is 13.2. The van der Waals surface area contributed by atoms with Gasteiger partial charge in [-0.1, -0.05) is 13.8 Å². The number of carbonyl (C=O) groups excluding carboxylic acids is 1. The molecule has 0 spiro atoms. The van der Waals surface area contributed by atoms with Crippen molar-refractivity contribution < 1.29 is 9.90 Å². The van der Waals surface area contributed by atoms with Crippen molar-refractivity contribution in [1.82, 2.24) is 19.6 Å². The highest BCUT2D eigenvalue weighted by Gasteiger charge is 2.24. The Bertz CT molecular complexity index is 476. The van der Waals surface area contributed by atoms with Crippen LogP contribution in [0.2, 0.25) is 0 Å². The smallest absolute Gasteiger partial charge is 0.257 e. The number of nitrogens with zero attached hydrogens (tertiary/aromatic N) is 4. The van der Waals surface area contributed by atoms with E-state index in [0.717, 1.165) is 25.3 Å². The van der Waals surface area contributed by atoms with E-state index in [4.69, 9.17) is 5.11 Å². The van der Waals surface area contributed by atoms with E-state index in [0.29, 0.717) is 31.1 Å². The third-order valence-corrected chi connectivity index (χ3v) is 3.95. The van der Waals surface area contributed by atoms with Crippen molar-refractivity contribution >= 4 is 5.91 Å². The number of carbonyl (C=O) groups is 1. The Morgan fingerprint density at radius 1 is 1.33 bits per heavy atom. The molecule has 6 heteroatoms. The van der Waals surface area contributed by atoms with Crippen molar-refractivity contribution in [2.45, 2.75) is 27.3 Å². The minimum atomic E-state index is 0.0751. The monoisotopic (exact) mass is 294 g/mol. The third kappa shape index (κ3) is 3.83. The molecule has 0 saturated carbocycles. The highest BCUT2D eigenvalue weighted by Crippen LogP contribution is 2.14. The zero-order chi connectivity index (χ0) is 15.4. The molecule has 6 nitrogen and oxygen atoms in total. The number of hydrogen-bond acceptors (Lipinski definition) is 4. The van der Waals surface area contributed by atoms with E-state index in [1.807, 2.05) is 16.5 Å². The quantitative estimate of drug-likeness (QED) is 0.864. The van der Waals surface area contributed by atoms with Gasteiger partial charge in [-0.05, 0) is 12.8 Å². The maximum absolute atomic E-state index is 12.6. The van der Waals surface area contributed by atoms with E-state index in [1.165, 1.54) is 0 Å². The molecule has 1 N–H and O–H groups in total. The fourth-order valence-electron chi connectivity index (χ4n) is 2.67. The van der Waals surface area contributed by atoms with Gasteiger partial charge in [0, 0.05) is 45.0 Å². The summed E-state index contributed by atoms with van der Waals surface area (Å²) in [6, 6.07) is 0. The summed E-state index contributed by atoms with van der Waals surface area (Å²) in [5.74, 6) is 0.583. The van der Waals surface area contributed by atoms with Crippen molar-refractivity contribution in [1.29, 1.82) is 0 Å². The van der Waals surface area contributed by atoms with Crippen molar-refractivity contribution in [2.24, 2.45) is 5.92 Å². The van der Waals surface area contributed by atoms with E-state index in [2.05, 4.69) is 23.8 Å². The second-order valence-corrected chi connectivity index (χ2v) is 6.08. The van der Waals surface area contributed by atoms with Gasteiger partial charge in [0.2, 0.25) is 0 Å². The van der Waals surface area contributed by atoms with Crippen LogP contribution in [-0.4, -0.2) is 69.9 Å². The fourth-order valence-corrected chi connectivity index (χ4v) is 2.67. The fraction of sp³-hybridized carbons (Fsp3) is 0.733. The van der Waals surface area contributed by atoms with E-state index >= 15 is 0 Å². The summed E-state index contributed by atoms with van der Waals surface area (Å²) in [7, 11) is 0. The van der Waals surface area contributed by atoms with Gasteiger partial charge >= 0.3 is 0 Å². The molecule has 21 heavy (non-hydrogen) atoms. The SMILES string of the molecule is Cc1c(C(=O)N2CCN(CCO)CC2)cnn1CC(C)C. The van der Waals surface area contributed by atoms with Gasteiger partial charge in [-0.25, -0.2) is 0 Å². The molecular formula is C15H26N4O2. The lowest BCUT2D eigenvalue weighted by atomic mass is 10.2. The van der Waals surface area contributed by atoms with E-state index in [1.54, 1.807) is 6.20 Å². The summed E-state index contributed by atoms with van der Waals surface area (Å²) in [6.45, 7) is 11.0. The minimum Gasteiger partial charge on any atom is -0.395 e. The molecule has 1 aromatic rings. The first kappa shape index (κ1) is 16.0. The summed E-state index contributed by atoms with van der Waals surface area (Å²) in [6.07, 6.45) is 1.69. The summed E-state index contributed by atoms with van der Waals surface area (Å²) < 4.78 is 1.92. The van der Waals surface area contributed by atoms with Crippen LogP contribution in [0.4, 0.5) is 0 Å². The van der Waals surface area contributed by atoms with Gasteiger partial charge in [0.15, 0.2) is 0 Å². The van der Waals surface area contributed by atoms with Crippen LogP contribution >= 0.6 is 0 Å². The molecule has 2 heterocycles. The Morgan fingerprint density at radius 3 is 2.57 bits per heavy atom. The normalized spacial score (nSPS) is 16.7. The van der Waals surface area contributed by atoms with Crippen LogP contribution in [0.5, 0.6) is 0 Å². The lowest BCUT2D eigenvalue weighted by molar-refractivity contribution is 0.0614. The summed E-state index contributed by atoms with van der Waals surface area (Å²) in [5.41, 5.74) is 1.66. The Kier molecular flexibility index (Phi) is 5.36. The maximum atomic E-state index is 12.6. The van der Waals surface area contributed by atoms with Gasteiger partial charge in [-0.15, -0.1) is 0 Å². The Labute approximate surface area is 126 Å². The largest absolute Gasteiger partial charge is 0.395 e. The Hall–Kier alpha value is -1.40. The van der Waals surface area contributed by atoms with Crippen molar-refractivity contribution in [2.75, 3.05) is 39.3 Å². The molecule has 0 atom stereocenters. The number of aliphatic hydroxyl groups is 1. The molecule has 0 unspecified atom stereocenters. The van der Waals surface area contributed by atoms with E-state index in [9.17, 15) is 4.79 Å². The summed E-state index contributed by atoms with van der Waals surface area (Å²) >= 11 is 0. The molecule has 2 rings (SSSR count).